The molecule has 0 unspecified atom stereocenters. The molecular weight excluding hydrogens is 422 g/mol. The summed E-state index contributed by atoms with van der Waals surface area (Å²) in [5.74, 6) is 0.388. The summed E-state index contributed by atoms with van der Waals surface area (Å²) >= 11 is 1.54. The van der Waals surface area contributed by atoms with Gasteiger partial charge in [0, 0.05) is 22.9 Å². The fourth-order valence-corrected chi connectivity index (χ4v) is 4.20. The number of benzene rings is 2. The van der Waals surface area contributed by atoms with Crippen molar-refractivity contribution < 1.29 is 4.79 Å². The minimum atomic E-state index is -0.271. The van der Waals surface area contributed by atoms with Gasteiger partial charge in [0.1, 0.15) is 11.5 Å². The van der Waals surface area contributed by atoms with Crippen molar-refractivity contribution in [2.24, 2.45) is 0 Å². The molecule has 0 fully saturated rings. The van der Waals surface area contributed by atoms with Gasteiger partial charge >= 0.3 is 0 Å². The zero-order valence-corrected chi connectivity index (χ0v) is 18.2. The molecule has 0 bridgehead atoms. The highest BCUT2D eigenvalue weighted by molar-refractivity contribution is 7.13. The van der Waals surface area contributed by atoms with Crippen molar-refractivity contribution in [2.75, 3.05) is 5.32 Å². The molecular formula is C24H19N5O2S. The van der Waals surface area contributed by atoms with Gasteiger partial charge in [-0.2, -0.15) is 9.78 Å². The first-order valence-corrected chi connectivity index (χ1v) is 10.9. The fourth-order valence-electron chi connectivity index (χ4n) is 3.51. The summed E-state index contributed by atoms with van der Waals surface area (Å²) in [5, 5.41) is 11.4. The minimum absolute atomic E-state index is 0.244. The van der Waals surface area contributed by atoms with Crippen LogP contribution in [0.3, 0.4) is 0 Å². The molecule has 0 radical (unpaired) electrons. The molecule has 0 saturated carbocycles. The van der Waals surface area contributed by atoms with Gasteiger partial charge in [-0.25, -0.2) is 4.98 Å². The average Bonchev–Trinajstić information content (AvgIpc) is 3.47. The molecule has 0 aliphatic carbocycles. The van der Waals surface area contributed by atoms with Crippen LogP contribution in [0, 0.1) is 13.8 Å². The number of hydrogen-bond donors (Lipinski definition) is 2. The monoisotopic (exact) mass is 441 g/mol. The third-order valence-corrected chi connectivity index (χ3v) is 6.23. The number of carbonyl (C=O) groups is 1. The second-order valence-corrected chi connectivity index (χ2v) is 8.33. The number of nitrogens with zero attached hydrogens (tertiary/aromatic N) is 3. The summed E-state index contributed by atoms with van der Waals surface area (Å²) < 4.78 is 1.46. The Morgan fingerprint density at radius 1 is 1.06 bits per heavy atom. The van der Waals surface area contributed by atoms with E-state index in [1.165, 1.54) is 16.0 Å². The Morgan fingerprint density at radius 2 is 1.88 bits per heavy atom. The molecule has 3 aromatic heterocycles. The first-order valence-electron chi connectivity index (χ1n) is 10.0. The number of aromatic amines is 1. The van der Waals surface area contributed by atoms with Crippen LogP contribution >= 0.6 is 11.3 Å². The van der Waals surface area contributed by atoms with Gasteiger partial charge < -0.3 is 5.32 Å². The third kappa shape index (κ3) is 3.50. The molecule has 32 heavy (non-hydrogen) atoms. The zero-order valence-electron chi connectivity index (χ0n) is 17.4. The van der Waals surface area contributed by atoms with Crippen molar-refractivity contribution in [3.05, 3.63) is 93.2 Å². The van der Waals surface area contributed by atoms with E-state index in [1.807, 2.05) is 53.9 Å². The highest BCUT2D eigenvalue weighted by atomic mass is 32.1. The molecule has 2 N–H and O–H groups in total. The first kappa shape index (κ1) is 19.9. The first-order chi connectivity index (χ1) is 15.5. The topological polar surface area (TPSA) is 92.7 Å². The minimum Gasteiger partial charge on any atom is -0.306 e. The van der Waals surface area contributed by atoms with Crippen LogP contribution < -0.4 is 10.9 Å². The lowest BCUT2D eigenvalue weighted by Gasteiger charge is -2.10. The highest BCUT2D eigenvalue weighted by Crippen LogP contribution is 2.28. The standard InChI is InChI=1S/C24H19N5O2S/c1-14-15(2)25-24(27-22(14)30)29-21(13-19(28-29)20-11-6-12-32-20)26-23(31)18-10-5-8-16-7-3-4-9-17(16)18/h3-13H,1-2H3,(H,26,31)(H,25,27,30). The predicted molar refractivity (Wildman–Crippen MR) is 127 cm³/mol. The molecule has 158 valence electrons. The quantitative estimate of drug-likeness (QED) is 0.423. The Morgan fingerprint density at radius 3 is 2.66 bits per heavy atom. The predicted octanol–water partition coefficient (Wildman–Crippen LogP) is 4.71. The smallest absolute Gasteiger partial charge is 0.257 e. The molecule has 5 aromatic rings. The number of H-pyrrole nitrogens is 1. The van der Waals surface area contributed by atoms with E-state index in [2.05, 4.69) is 20.4 Å². The summed E-state index contributed by atoms with van der Waals surface area (Å²) in [7, 11) is 0. The zero-order chi connectivity index (χ0) is 22.2. The Hall–Kier alpha value is -4.04. The van der Waals surface area contributed by atoms with Gasteiger partial charge in [-0.15, -0.1) is 11.3 Å². The molecule has 0 aliphatic rings. The van der Waals surface area contributed by atoms with E-state index < -0.39 is 0 Å². The lowest BCUT2D eigenvalue weighted by molar-refractivity contribution is 0.102. The SMILES string of the molecule is Cc1nc(-n2nc(-c3cccs3)cc2NC(=O)c2cccc3ccccc23)[nH]c(=O)c1C. The lowest BCUT2D eigenvalue weighted by atomic mass is 10.0. The number of nitrogens with one attached hydrogen (secondary N) is 2. The number of rotatable bonds is 4. The normalized spacial score (nSPS) is 11.1. The van der Waals surface area contributed by atoms with E-state index in [4.69, 9.17) is 0 Å². The molecule has 0 atom stereocenters. The summed E-state index contributed by atoms with van der Waals surface area (Å²) in [6, 6.07) is 19.0. The van der Waals surface area contributed by atoms with Gasteiger partial charge in [0.15, 0.2) is 0 Å². The summed E-state index contributed by atoms with van der Waals surface area (Å²) in [6.07, 6.45) is 0. The maximum atomic E-state index is 13.3. The molecule has 1 amide bonds. The maximum absolute atomic E-state index is 13.3. The Kier molecular flexibility index (Phi) is 4.91. The van der Waals surface area contributed by atoms with Crippen LogP contribution in [-0.4, -0.2) is 25.7 Å². The highest BCUT2D eigenvalue weighted by Gasteiger charge is 2.18. The molecule has 0 spiro atoms. The summed E-state index contributed by atoms with van der Waals surface area (Å²) in [5.41, 5.74) is 2.13. The number of anilines is 1. The van der Waals surface area contributed by atoms with Crippen LogP contribution in [-0.2, 0) is 0 Å². The van der Waals surface area contributed by atoms with Crippen molar-refractivity contribution in [2.45, 2.75) is 13.8 Å². The van der Waals surface area contributed by atoms with E-state index >= 15 is 0 Å². The van der Waals surface area contributed by atoms with Gasteiger partial charge in [-0.05, 0) is 42.1 Å². The number of carbonyl (C=O) groups excluding carboxylic acids is 1. The lowest BCUT2D eigenvalue weighted by Crippen LogP contribution is -2.21. The fraction of sp³-hybridized carbons (Fsp3) is 0.0833. The van der Waals surface area contributed by atoms with Crippen LogP contribution in [0.2, 0.25) is 0 Å². The van der Waals surface area contributed by atoms with Gasteiger partial charge in [-0.1, -0.05) is 42.5 Å². The molecule has 0 saturated heterocycles. The van der Waals surface area contributed by atoms with E-state index in [0.717, 1.165) is 15.6 Å². The van der Waals surface area contributed by atoms with Crippen LogP contribution in [0.15, 0.2) is 70.8 Å². The molecule has 0 aliphatic heterocycles. The van der Waals surface area contributed by atoms with Crippen LogP contribution in [0.1, 0.15) is 21.6 Å². The van der Waals surface area contributed by atoms with Crippen molar-refractivity contribution in [3.8, 4) is 16.5 Å². The van der Waals surface area contributed by atoms with Crippen molar-refractivity contribution in [3.63, 3.8) is 0 Å². The van der Waals surface area contributed by atoms with Gasteiger partial charge in [0.05, 0.1) is 4.88 Å². The van der Waals surface area contributed by atoms with Crippen LogP contribution in [0.25, 0.3) is 27.3 Å². The second kappa shape index (κ2) is 7.90. The summed E-state index contributed by atoms with van der Waals surface area (Å²) in [6.45, 7) is 3.49. The van der Waals surface area contributed by atoms with Crippen molar-refractivity contribution in [1.82, 2.24) is 19.7 Å². The number of fused-ring (bicyclic) bond motifs is 1. The van der Waals surface area contributed by atoms with E-state index in [-0.39, 0.29) is 17.4 Å². The van der Waals surface area contributed by atoms with Crippen LogP contribution in [0.5, 0.6) is 0 Å². The Balaban J connectivity index is 1.61. The molecule has 3 heterocycles. The van der Waals surface area contributed by atoms with Crippen molar-refractivity contribution >= 4 is 33.8 Å². The van der Waals surface area contributed by atoms with Gasteiger partial charge in [0.25, 0.3) is 11.5 Å². The van der Waals surface area contributed by atoms with E-state index in [0.29, 0.717) is 28.3 Å². The van der Waals surface area contributed by atoms with E-state index in [1.54, 1.807) is 26.0 Å². The number of aromatic nitrogens is 4. The number of hydrogen-bond acceptors (Lipinski definition) is 5. The molecule has 8 heteroatoms. The Bertz CT molecular complexity index is 1510. The van der Waals surface area contributed by atoms with Gasteiger partial charge in [0.2, 0.25) is 5.95 Å². The molecule has 7 nitrogen and oxygen atoms in total. The molecule has 2 aromatic carbocycles. The van der Waals surface area contributed by atoms with E-state index in [9.17, 15) is 9.59 Å². The van der Waals surface area contributed by atoms with Crippen LogP contribution in [0.4, 0.5) is 5.82 Å². The molecule has 5 rings (SSSR count). The second-order valence-electron chi connectivity index (χ2n) is 7.38. The van der Waals surface area contributed by atoms with Crippen molar-refractivity contribution in [1.29, 1.82) is 0 Å². The van der Waals surface area contributed by atoms with Gasteiger partial charge in [-0.3, -0.25) is 14.6 Å². The largest absolute Gasteiger partial charge is 0.306 e. The number of amides is 1. The number of aryl methyl sites for hydroxylation is 1. The Labute approximate surface area is 187 Å². The number of thiophene rings is 1. The third-order valence-electron chi connectivity index (χ3n) is 5.34. The summed E-state index contributed by atoms with van der Waals surface area (Å²) in [4.78, 5) is 33.8. The maximum Gasteiger partial charge on any atom is 0.257 e. The average molecular weight is 442 g/mol.